The second-order valence-electron chi connectivity index (χ2n) is 13.4. The number of aryl methyl sites for hydroxylation is 1. The molecule has 0 fully saturated rings. The Morgan fingerprint density at radius 3 is 2.62 bits per heavy atom. The molecule has 1 aliphatic rings. The molecule has 0 aliphatic carbocycles. The van der Waals surface area contributed by atoms with E-state index in [4.69, 9.17) is 29.4 Å². The summed E-state index contributed by atoms with van der Waals surface area (Å²) >= 11 is 1.60. The average molecular weight is 667 g/mol. The molecule has 0 saturated heterocycles. The summed E-state index contributed by atoms with van der Waals surface area (Å²) in [5.74, 6) is 0. The molecule has 6 rings (SSSR count). The SMILES string of the molecule is Cc1cccc(-c2c(-c3ccc4ncc(-c5nc(C6=CCN(C(=O)OC(C)(C)C)CC6)cs5)cc4c3)ncn2COCC[SiH](C)C)n1. The molecule has 1 amide bonds. The summed E-state index contributed by atoms with van der Waals surface area (Å²) in [7, 11) is -0.680. The van der Waals surface area contributed by atoms with Gasteiger partial charge in [0.25, 0.3) is 0 Å². The van der Waals surface area contributed by atoms with Gasteiger partial charge in [0.05, 0.1) is 34.6 Å². The van der Waals surface area contributed by atoms with Gasteiger partial charge in [0, 0.05) is 62.3 Å². The van der Waals surface area contributed by atoms with Crippen LogP contribution in [-0.4, -0.2) is 69.6 Å². The highest BCUT2D eigenvalue weighted by Gasteiger charge is 2.25. The van der Waals surface area contributed by atoms with E-state index in [9.17, 15) is 4.79 Å². The quantitative estimate of drug-likeness (QED) is 0.116. The van der Waals surface area contributed by atoms with E-state index < -0.39 is 14.4 Å². The van der Waals surface area contributed by atoms with Crippen molar-refractivity contribution in [2.45, 2.75) is 65.6 Å². The number of benzene rings is 1. The third kappa shape index (κ3) is 7.86. The van der Waals surface area contributed by atoms with E-state index in [-0.39, 0.29) is 6.09 Å². The standard InChI is InChI=1S/C36H42N6O3SSi/c1-24-8-7-9-30(39-24)33-32(38-22-42(33)23-44-16-17-47(5)6)26-10-11-29-27(18-26)19-28(20-37-29)34-40-31(21-46-34)25-12-14-41(15-13-25)35(43)45-36(2,3)4/h7-12,18-22,47H,13-17,23H2,1-6H3. The number of ether oxygens (including phenoxy) is 2. The van der Waals surface area contributed by atoms with Gasteiger partial charge in [-0.15, -0.1) is 11.3 Å². The molecule has 244 valence electrons. The summed E-state index contributed by atoms with van der Waals surface area (Å²) in [4.78, 5) is 33.7. The van der Waals surface area contributed by atoms with Gasteiger partial charge in [-0.1, -0.05) is 31.3 Å². The lowest BCUT2D eigenvalue weighted by molar-refractivity contribution is 0.0270. The van der Waals surface area contributed by atoms with Crippen molar-refractivity contribution in [1.29, 1.82) is 0 Å². The largest absolute Gasteiger partial charge is 0.444 e. The summed E-state index contributed by atoms with van der Waals surface area (Å²) < 4.78 is 13.7. The van der Waals surface area contributed by atoms with E-state index in [1.54, 1.807) is 16.2 Å². The topological polar surface area (TPSA) is 95.3 Å². The molecule has 47 heavy (non-hydrogen) atoms. The van der Waals surface area contributed by atoms with Gasteiger partial charge in [-0.05, 0) is 76.1 Å². The predicted molar refractivity (Wildman–Crippen MR) is 192 cm³/mol. The van der Waals surface area contributed by atoms with Crippen LogP contribution in [0.5, 0.6) is 0 Å². The van der Waals surface area contributed by atoms with Gasteiger partial charge in [-0.25, -0.2) is 14.8 Å². The highest BCUT2D eigenvalue weighted by molar-refractivity contribution is 7.13. The number of carbonyl (C=O) groups is 1. The van der Waals surface area contributed by atoms with Crippen LogP contribution in [-0.2, 0) is 16.2 Å². The lowest BCUT2D eigenvalue weighted by Gasteiger charge is -2.29. The fourth-order valence-electron chi connectivity index (χ4n) is 5.46. The fraction of sp³-hybridized carbons (Fsp3) is 0.361. The van der Waals surface area contributed by atoms with Crippen LogP contribution < -0.4 is 0 Å². The molecule has 11 heteroatoms. The molecule has 0 unspecified atom stereocenters. The van der Waals surface area contributed by atoms with E-state index in [1.165, 1.54) is 0 Å². The Bertz CT molecular complexity index is 1930. The van der Waals surface area contributed by atoms with E-state index in [0.717, 1.165) is 80.2 Å². The van der Waals surface area contributed by atoms with Crippen LogP contribution >= 0.6 is 11.3 Å². The van der Waals surface area contributed by atoms with Crippen LogP contribution in [0.15, 0.2) is 66.4 Å². The third-order valence-corrected chi connectivity index (χ3v) is 10.2. The van der Waals surface area contributed by atoms with Crippen LogP contribution in [0.25, 0.3) is 49.7 Å². The normalized spacial score (nSPS) is 13.8. The van der Waals surface area contributed by atoms with E-state index in [1.807, 2.05) is 64.5 Å². The van der Waals surface area contributed by atoms with Crippen molar-refractivity contribution in [2.24, 2.45) is 0 Å². The molecular formula is C36H42N6O3SSi. The number of aromatic nitrogens is 5. The summed E-state index contributed by atoms with van der Waals surface area (Å²) in [6.45, 7) is 14.6. The molecule has 0 saturated carbocycles. The van der Waals surface area contributed by atoms with Crippen LogP contribution in [0.2, 0.25) is 19.1 Å². The van der Waals surface area contributed by atoms with Crippen molar-refractivity contribution in [1.82, 2.24) is 29.4 Å². The van der Waals surface area contributed by atoms with Crippen molar-refractivity contribution in [2.75, 3.05) is 19.7 Å². The highest BCUT2D eigenvalue weighted by Crippen LogP contribution is 2.34. The Kier molecular flexibility index (Phi) is 9.67. The molecule has 5 heterocycles. The number of rotatable bonds is 9. The number of carbonyl (C=O) groups excluding carboxylic acids is 1. The maximum Gasteiger partial charge on any atom is 0.410 e. The first kappa shape index (κ1) is 32.7. The Balaban J connectivity index is 1.25. The Morgan fingerprint density at radius 2 is 1.87 bits per heavy atom. The van der Waals surface area contributed by atoms with Gasteiger partial charge < -0.3 is 18.9 Å². The number of amides is 1. The van der Waals surface area contributed by atoms with Crippen LogP contribution in [0, 0.1) is 6.92 Å². The maximum atomic E-state index is 12.5. The second kappa shape index (κ2) is 13.9. The van der Waals surface area contributed by atoms with E-state index in [2.05, 4.69) is 47.3 Å². The molecule has 9 nitrogen and oxygen atoms in total. The van der Waals surface area contributed by atoms with E-state index >= 15 is 0 Å². The predicted octanol–water partition coefficient (Wildman–Crippen LogP) is 8.08. The van der Waals surface area contributed by atoms with Gasteiger partial charge in [-0.2, -0.15) is 0 Å². The van der Waals surface area contributed by atoms with Gasteiger partial charge in [0.15, 0.2) is 0 Å². The lowest BCUT2D eigenvalue weighted by atomic mass is 10.0. The number of hydrogen-bond acceptors (Lipinski definition) is 8. The molecule has 0 radical (unpaired) electrons. The number of nitrogens with zero attached hydrogens (tertiary/aromatic N) is 6. The number of pyridine rings is 2. The number of hydrogen-bond donors (Lipinski definition) is 0. The second-order valence-corrected chi connectivity index (χ2v) is 17.6. The van der Waals surface area contributed by atoms with Crippen molar-refractivity contribution >= 4 is 42.7 Å². The zero-order valence-electron chi connectivity index (χ0n) is 28.0. The summed E-state index contributed by atoms with van der Waals surface area (Å²) in [5, 5.41) is 4.01. The molecular weight excluding hydrogens is 625 g/mol. The van der Waals surface area contributed by atoms with Gasteiger partial charge in [0.2, 0.25) is 0 Å². The maximum absolute atomic E-state index is 12.5. The Labute approximate surface area is 281 Å². The molecule has 0 spiro atoms. The average Bonchev–Trinajstić information content (AvgIpc) is 3.70. The minimum atomic E-state index is -0.680. The number of thiazole rings is 1. The van der Waals surface area contributed by atoms with Gasteiger partial charge in [-0.3, -0.25) is 9.97 Å². The molecule has 4 aromatic heterocycles. The summed E-state index contributed by atoms with van der Waals surface area (Å²) in [5.41, 5.74) is 8.06. The van der Waals surface area contributed by atoms with Crippen LogP contribution in [0.1, 0.15) is 38.6 Å². The number of imidazole rings is 1. The first-order valence-corrected chi connectivity index (χ1v) is 20.1. The van der Waals surface area contributed by atoms with Gasteiger partial charge >= 0.3 is 6.09 Å². The zero-order valence-corrected chi connectivity index (χ0v) is 30.0. The molecule has 1 aromatic carbocycles. The van der Waals surface area contributed by atoms with Crippen molar-refractivity contribution in [3.05, 3.63) is 77.8 Å². The van der Waals surface area contributed by atoms with Crippen molar-refractivity contribution in [3.8, 4) is 33.2 Å². The molecule has 0 N–H and O–H groups in total. The summed E-state index contributed by atoms with van der Waals surface area (Å²) in [6.07, 6.45) is 6.27. The van der Waals surface area contributed by atoms with Crippen molar-refractivity contribution < 1.29 is 14.3 Å². The Morgan fingerprint density at radius 1 is 1.04 bits per heavy atom. The van der Waals surface area contributed by atoms with E-state index in [0.29, 0.717) is 19.8 Å². The fourth-order valence-corrected chi connectivity index (χ4v) is 6.92. The molecule has 1 aliphatic heterocycles. The lowest BCUT2D eigenvalue weighted by Crippen LogP contribution is -2.39. The Hall–Kier alpha value is -4.19. The first-order valence-electron chi connectivity index (χ1n) is 16.1. The third-order valence-electron chi connectivity index (χ3n) is 7.93. The van der Waals surface area contributed by atoms with Crippen molar-refractivity contribution in [3.63, 3.8) is 0 Å². The first-order chi connectivity index (χ1) is 22.5. The van der Waals surface area contributed by atoms with Crippen LogP contribution in [0.4, 0.5) is 4.79 Å². The van der Waals surface area contributed by atoms with Gasteiger partial charge in [0.1, 0.15) is 17.3 Å². The highest BCUT2D eigenvalue weighted by atomic mass is 32.1. The van der Waals surface area contributed by atoms with Crippen LogP contribution in [0.3, 0.4) is 0 Å². The minimum Gasteiger partial charge on any atom is -0.444 e. The molecule has 0 bridgehead atoms. The number of fused-ring (bicyclic) bond motifs is 1. The zero-order chi connectivity index (χ0) is 33.1. The molecule has 0 atom stereocenters. The molecule has 5 aromatic rings. The smallest absolute Gasteiger partial charge is 0.410 e. The summed E-state index contributed by atoms with van der Waals surface area (Å²) in [6, 6.07) is 15.6. The monoisotopic (exact) mass is 666 g/mol. The minimum absolute atomic E-state index is 0.279.